The second-order valence-corrected chi connectivity index (χ2v) is 5.24. The number of halogens is 2. The quantitative estimate of drug-likeness (QED) is 0.862. The number of hydrogen-bond donors (Lipinski definition) is 0. The van der Waals surface area contributed by atoms with E-state index in [1.807, 2.05) is 32.8 Å². The third-order valence-electron chi connectivity index (χ3n) is 3.06. The lowest BCUT2D eigenvalue weighted by molar-refractivity contribution is 0.181. The molecule has 0 amide bonds. The molecule has 0 radical (unpaired) electrons. The highest BCUT2D eigenvalue weighted by atomic mass is 19.2. The molecule has 2 rings (SSSR count). The maximum absolute atomic E-state index is 13.2. The predicted octanol–water partition coefficient (Wildman–Crippen LogP) is 3.27. The summed E-state index contributed by atoms with van der Waals surface area (Å²) in [6.07, 6.45) is 0. The Labute approximate surface area is 116 Å². The third-order valence-corrected chi connectivity index (χ3v) is 3.06. The van der Waals surface area contributed by atoms with Crippen molar-refractivity contribution in [2.75, 3.05) is 14.1 Å². The highest BCUT2D eigenvalue weighted by molar-refractivity contribution is 5.54. The molecule has 20 heavy (non-hydrogen) atoms. The van der Waals surface area contributed by atoms with Gasteiger partial charge in [-0.2, -0.15) is 4.98 Å². The van der Waals surface area contributed by atoms with Gasteiger partial charge in [0.2, 0.25) is 11.7 Å². The topological polar surface area (TPSA) is 42.2 Å². The van der Waals surface area contributed by atoms with Gasteiger partial charge in [0.25, 0.3) is 0 Å². The normalized spacial score (nSPS) is 13.2. The summed E-state index contributed by atoms with van der Waals surface area (Å²) in [5.41, 5.74) is 0.389. The van der Waals surface area contributed by atoms with Gasteiger partial charge < -0.3 is 4.52 Å². The first-order valence-corrected chi connectivity index (χ1v) is 6.35. The summed E-state index contributed by atoms with van der Waals surface area (Å²) in [7, 11) is 3.85. The summed E-state index contributed by atoms with van der Waals surface area (Å²) in [4.78, 5) is 6.26. The minimum atomic E-state index is -0.929. The van der Waals surface area contributed by atoms with Crippen molar-refractivity contribution in [1.82, 2.24) is 15.0 Å². The molecule has 0 saturated carbocycles. The van der Waals surface area contributed by atoms with E-state index >= 15 is 0 Å². The Kier molecular flexibility index (Phi) is 4.13. The molecule has 0 fully saturated rings. The minimum Gasteiger partial charge on any atom is -0.337 e. The maximum Gasteiger partial charge on any atom is 0.244 e. The maximum atomic E-state index is 13.2. The molecule has 0 N–H and O–H groups in total. The lowest BCUT2D eigenvalue weighted by atomic mass is 10.0. The van der Waals surface area contributed by atoms with E-state index in [0.717, 1.165) is 12.1 Å². The Morgan fingerprint density at radius 1 is 1.15 bits per heavy atom. The van der Waals surface area contributed by atoms with E-state index in [1.165, 1.54) is 6.07 Å². The van der Waals surface area contributed by atoms with Gasteiger partial charge in [0.15, 0.2) is 11.6 Å². The first kappa shape index (κ1) is 14.6. The van der Waals surface area contributed by atoms with Crippen LogP contribution in [0.2, 0.25) is 0 Å². The number of aromatic nitrogens is 2. The summed E-state index contributed by atoms with van der Waals surface area (Å²) >= 11 is 0. The molecule has 0 aliphatic heterocycles. The van der Waals surface area contributed by atoms with Crippen molar-refractivity contribution in [2.45, 2.75) is 19.9 Å². The standard InChI is InChI=1S/C14H17F2N3O/c1-8(2)12(19(3)4)14-17-13(18-20-14)9-5-6-10(15)11(16)7-9/h5-8,12H,1-4H3. The van der Waals surface area contributed by atoms with Crippen LogP contribution in [-0.4, -0.2) is 29.1 Å². The lowest BCUT2D eigenvalue weighted by Crippen LogP contribution is -2.24. The molecule has 1 atom stereocenters. The molecule has 1 aromatic carbocycles. The molecule has 4 nitrogen and oxygen atoms in total. The van der Waals surface area contributed by atoms with Gasteiger partial charge in [-0.05, 0) is 38.2 Å². The van der Waals surface area contributed by atoms with Crippen LogP contribution >= 0.6 is 0 Å². The van der Waals surface area contributed by atoms with Gasteiger partial charge in [0, 0.05) is 5.56 Å². The third kappa shape index (κ3) is 2.85. The molecular weight excluding hydrogens is 264 g/mol. The van der Waals surface area contributed by atoms with E-state index in [1.54, 1.807) is 0 Å². The van der Waals surface area contributed by atoms with E-state index in [0.29, 0.717) is 11.5 Å². The van der Waals surface area contributed by atoms with Crippen LogP contribution in [0.3, 0.4) is 0 Å². The fraction of sp³-hybridized carbons (Fsp3) is 0.429. The van der Waals surface area contributed by atoms with Gasteiger partial charge in [-0.25, -0.2) is 8.78 Å². The smallest absolute Gasteiger partial charge is 0.244 e. The number of benzene rings is 1. The van der Waals surface area contributed by atoms with Crippen LogP contribution in [0.4, 0.5) is 8.78 Å². The van der Waals surface area contributed by atoms with Gasteiger partial charge in [-0.1, -0.05) is 19.0 Å². The van der Waals surface area contributed by atoms with E-state index in [9.17, 15) is 8.78 Å². The molecule has 1 unspecified atom stereocenters. The van der Waals surface area contributed by atoms with Crippen LogP contribution in [0.1, 0.15) is 25.8 Å². The Hall–Kier alpha value is -1.82. The van der Waals surface area contributed by atoms with Crippen molar-refractivity contribution in [3.63, 3.8) is 0 Å². The highest BCUT2D eigenvalue weighted by Gasteiger charge is 2.25. The van der Waals surface area contributed by atoms with Crippen LogP contribution in [0.25, 0.3) is 11.4 Å². The van der Waals surface area contributed by atoms with Crippen molar-refractivity contribution >= 4 is 0 Å². The number of nitrogens with zero attached hydrogens (tertiary/aromatic N) is 3. The predicted molar refractivity (Wildman–Crippen MR) is 70.9 cm³/mol. The van der Waals surface area contributed by atoms with Gasteiger partial charge in [-0.15, -0.1) is 0 Å². The summed E-state index contributed by atoms with van der Waals surface area (Å²) in [5.74, 6) is -0.827. The van der Waals surface area contributed by atoms with Gasteiger partial charge in [-0.3, -0.25) is 4.90 Å². The van der Waals surface area contributed by atoms with Crippen LogP contribution < -0.4 is 0 Å². The zero-order valence-corrected chi connectivity index (χ0v) is 11.9. The first-order chi connectivity index (χ1) is 9.40. The number of rotatable bonds is 4. The van der Waals surface area contributed by atoms with Crippen molar-refractivity contribution in [3.8, 4) is 11.4 Å². The summed E-state index contributed by atoms with van der Waals surface area (Å²) in [6, 6.07) is 3.51. The first-order valence-electron chi connectivity index (χ1n) is 6.35. The molecule has 0 bridgehead atoms. The molecule has 0 spiro atoms. The zero-order valence-electron chi connectivity index (χ0n) is 11.9. The molecule has 0 aliphatic carbocycles. The lowest BCUT2D eigenvalue weighted by Gasteiger charge is -2.23. The molecule has 1 heterocycles. The van der Waals surface area contributed by atoms with Crippen molar-refractivity contribution in [2.24, 2.45) is 5.92 Å². The minimum absolute atomic E-state index is 0.0263. The van der Waals surface area contributed by atoms with Crippen LogP contribution in [0, 0.1) is 17.6 Å². The molecule has 6 heteroatoms. The second-order valence-electron chi connectivity index (χ2n) is 5.24. The fourth-order valence-corrected chi connectivity index (χ4v) is 2.21. The van der Waals surface area contributed by atoms with Crippen molar-refractivity contribution in [1.29, 1.82) is 0 Å². The molecule has 1 aromatic heterocycles. The molecule has 108 valence electrons. The molecule has 0 saturated heterocycles. The average Bonchev–Trinajstić information content (AvgIpc) is 2.81. The Morgan fingerprint density at radius 2 is 1.85 bits per heavy atom. The molecule has 0 aliphatic rings. The molecule has 2 aromatic rings. The van der Waals surface area contributed by atoms with E-state index in [4.69, 9.17) is 4.52 Å². The van der Waals surface area contributed by atoms with Crippen LogP contribution in [0.5, 0.6) is 0 Å². The van der Waals surface area contributed by atoms with E-state index in [-0.39, 0.29) is 17.8 Å². The molecular formula is C14H17F2N3O. The Bertz CT molecular complexity index is 588. The second kappa shape index (κ2) is 5.66. The van der Waals surface area contributed by atoms with E-state index < -0.39 is 11.6 Å². The summed E-state index contributed by atoms with van der Waals surface area (Å²) < 4.78 is 31.4. The highest BCUT2D eigenvalue weighted by Crippen LogP contribution is 2.27. The SMILES string of the molecule is CC(C)C(c1nc(-c2ccc(F)c(F)c2)no1)N(C)C. The van der Waals surface area contributed by atoms with E-state index in [2.05, 4.69) is 10.1 Å². The average molecular weight is 281 g/mol. The van der Waals surface area contributed by atoms with Gasteiger partial charge in [0.1, 0.15) is 0 Å². The zero-order chi connectivity index (χ0) is 14.9. The summed E-state index contributed by atoms with van der Waals surface area (Å²) in [5, 5.41) is 3.84. The Balaban J connectivity index is 2.34. The van der Waals surface area contributed by atoms with Gasteiger partial charge >= 0.3 is 0 Å². The van der Waals surface area contributed by atoms with Crippen molar-refractivity contribution in [3.05, 3.63) is 35.7 Å². The number of hydrogen-bond acceptors (Lipinski definition) is 4. The van der Waals surface area contributed by atoms with Crippen molar-refractivity contribution < 1.29 is 13.3 Å². The monoisotopic (exact) mass is 281 g/mol. The largest absolute Gasteiger partial charge is 0.337 e. The van der Waals surface area contributed by atoms with Crippen LogP contribution in [0.15, 0.2) is 22.7 Å². The van der Waals surface area contributed by atoms with Gasteiger partial charge in [0.05, 0.1) is 6.04 Å². The summed E-state index contributed by atoms with van der Waals surface area (Å²) in [6.45, 7) is 4.10. The van der Waals surface area contributed by atoms with Crippen LogP contribution in [-0.2, 0) is 0 Å². The Morgan fingerprint density at radius 3 is 2.40 bits per heavy atom. The fourth-order valence-electron chi connectivity index (χ4n) is 2.21.